The quantitative estimate of drug-likeness (QED) is 0.622. The molecule has 2 N–H and O–H groups in total. The highest BCUT2D eigenvalue weighted by molar-refractivity contribution is 6.34. The number of nitrogens with one attached hydrogen (secondary N) is 2. The summed E-state index contributed by atoms with van der Waals surface area (Å²) >= 11 is 6.24. The Kier molecular flexibility index (Phi) is 5.55. The molecule has 0 atom stereocenters. The van der Waals surface area contributed by atoms with Gasteiger partial charge < -0.3 is 10.6 Å². The van der Waals surface area contributed by atoms with Crippen LogP contribution in [0.1, 0.15) is 59.4 Å². The van der Waals surface area contributed by atoms with Crippen molar-refractivity contribution in [3.63, 3.8) is 0 Å². The molecule has 1 aromatic heterocycles. The standard InChI is InChI=1S/C22H22ClN5O2/c1-13(2)24-21(29)15-10-11-17(23)18(12-15)25-22(30)19-26-20(14-8-9-14)28(27-19)16-6-4-3-5-7-16/h3-7,10-14H,8-9H2,1-2H3,(H,24,29)(H,25,30). The molecule has 0 spiro atoms. The van der Waals surface area contributed by atoms with Gasteiger partial charge in [-0.25, -0.2) is 9.67 Å². The molecule has 4 rings (SSSR count). The minimum absolute atomic E-state index is 0.00165. The molecule has 1 aliphatic rings. The SMILES string of the molecule is CC(C)NC(=O)c1ccc(Cl)c(NC(=O)c2nc(C3CC3)n(-c3ccccc3)n2)c1. The third-order valence-electron chi connectivity index (χ3n) is 4.68. The van der Waals surface area contributed by atoms with E-state index in [4.69, 9.17) is 11.6 Å². The number of benzene rings is 2. The predicted octanol–water partition coefficient (Wildman–Crippen LogP) is 4.19. The zero-order valence-electron chi connectivity index (χ0n) is 16.7. The minimum Gasteiger partial charge on any atom is -0.350 e. The summed E-state index contributed by atoms with van der Waals surface area (Å²) in [5, 5.41) is 10.3. The first-order chi connectivity index (χ1) is 14.4. The number of carbonyl (C=O) groups excluding carboxylic acids is 2. The predicted molar refractivity (Wildman–Crippen MR) is 115 cm³/mol. The van der Waals surface area contributed by atoms with Gasteiger partial charge in [-0.3, -0.25) is 9.59 Å². The average Bonchev–Trinajstić information content (AvgIpc) is 3.47. The summed E-state index contributed by atoms with van der Waals surface area (Å²) in [5.74, 6) is 0.442. The van der Waals surface area contributed by atoms with Crippen LogP contribution in [0.15, 0.2) is 48.5 Å². The van der Waals surface area contributed by atoms with Gasteiger partial charge in [0.25, 0.3) is 11.8 Å². The monoisotopic (exact) mass is 423 g/mol. The van der Waals surface area contributed by atoms with Crippen LogP contribution in [0.5, 0.6) is 0 Å². The Morgan fingerprint density at radius 2 is 1.83 bits per heavy atom. The first-order valence-corrected chi connectivity index (χ1v) is 10.2. The average molecular weight is 424 g/mol. The maximum Gasteiger partial charge on any atom is 0.295 e. The van der Waals surface area contributed by atoms with Crippen LogP contribution in [0.3, 0.4) is 0 Å². The number of carbonyl (C=O) groups is 2. The zero-order valence-corrected chi connectivity index (χ0v) is 17.5. The third-order valence-corrected chi connectivity index (χ3v) is 5.00. The molecule has 0 aliphatic heterocycles. The smallest absolute Gasteiger partial charge is 0.295 e. The molecule has 0 bridgehead atoms. The molecule has 154 valence electrons. The minimum atomic E-state index is -0.477. The van der Waals surface area contributed by atoms with E-state index in [1.807, 2.05) is 44.2 Å². The topological polar surface area (TPSA) is 88.9 Å². The van der Waals surface area contributed by atoms with Crippen LogP contribution < -0.4 is 10.6 Å². The van der Waals surface area contributed by atoms with Crippen molar-refractivity contribution in [2.24, 2.45) is 0 Å². The Morgan fingerprint density at radius 3 is 2.50 bits per heavy atom. The molecule has 3 aromatic rings. The molecule has 2 amide bonds. The Bertz CT molecular complexity index is 1090. The number of anilines is 1. The van der Waals surface area contributed by atoms with Crippen molar-refractivity contribution in [1.29, 1.82) is 0 Å². The second-order valence-electron chi connectivity index (χ2n) is 7.59. The van der Waals surface area contributed by atoms with E-state index in [0.29, 0.717) is 22.2 Å². The van der Waals surface area contributed by atoms with E-state index in [-0.39, 0.29) is 17.8 Å². The fraction of sp³-hybridized carbons (Fsp3) is 0.273. The number of aromatic nitrogens is 3. The van der Waals surface area contributed by atoms with Crippen molar-refractivity contribution in [1.82, 2.24) is 20.1 Å². The Labute approximate surface area is 179 Å². The number of hydrogen-bond acceptors (Lipinski definition) is 4. The fourth-order valence-electron chi connectivity index (χ4n) is 3.07. The van der Waals surface area contributed by atoms with Crippen molar-refractivity contribution in [2.75, 3.05) is 5.32 Å². The maximum absolute atomic E-state index is 12.9. The van der Waals surface area contributed by atoms with E-state index < -0.39 is 5.91 Å². The van der Waals surface area contributed by atoms with Gasteiger partial charge in [0.2, 0.25) is 5.82 Å². The fourth-order valence-corrected chi connectivity index (χ4v) is 3.24. The second-order valence-corrected chi connectivity index (χ2v) is 8.00. The second kappa shape index (κ2) is 8.28. The Balaban J connectivity index is 1.60. The van der Waals surface area contributed by atoms with E-state index in [1.54, 1.807) is 22.9 Å². The summed E-state index contributed by atoms with van der Waals surface area (Å²) in [7, 11) is 0. The molecule has 30 heavy (non-hydrogen) atoms. The van der Waals surface area contributed by atoms with Crippen molar-refractivity contribution in [2.45, 2.75) is 38.6 Å². The van der Waals surface area contributed by atoms with Gasteiger partial charge in [-0.2, -0.15) is 0 Å². The molecule has 1 aliphatic carbocycles. The number of rotatable bonds is 6. The van der Waals surface area contributed by atoms with Gasteiger partial charge >= 0.3 is 0 Å². The molecule has 0 saturated heterocycles. The molecule has 0 unspecified atom stereocenters. The van der Waals surface area contributed by atoms with Gasteiger partial charge in [0.1, 0.15) is 5.82 Å². The van der Waals surface area contributed by atoms with Crippen LogP contribution in [0.25, 0.3) is 5.69 Å². The van der Waals surface area contributed by atoms with Crippen molar-refractivity contribution in [3.8, 4) is 5.69 Å². The van der Waals surface area contributed by atoms with Crippen LogP contribution in [-0.4, -0.2) is 32.6 Å². The highest BCUT2D eigenvalue weighted by Crippen LogP contribution is 2.39. The summed E-state index contributed by atoms with van der Waals surface area (Å²) < 4.78 is 1.72. The molecule has 8 heteroatoms. The van der Waals surface area contributed by atoms with E-state index in [9.17, 15) is 9.59 Å². The number of hydrogen-bond donors (Lipinski definition) is 2. The molecular weight excluding hydrogens is 402 g/mol. The molecular formula is C22H22ClN5O2. The largest absolute Gasteiger partial charge is 0.350 e. The van der Waals surface area contributed by atoms with Crippen LogP contribution in [-0.2, 0) is 0 Å². The molecule has 2 aromatic carbocycles. The van der Waals surface area contributed by atoms with E-state index >= 15 is 0 Å². The lowest BCUT2D eigenvalue weighted by Gasteiger charge is -2.11. The van der Waals surface area contributed by atoms with E-state index in [2.05, 4.69) is 20.7 Å². The van der Waals surface area contributed by atoms with Crippen LogP contribution in [0.2, 0.25) is 5.02 Å². The third kappa shape index (κ3) is 4.36. The zero-order chi connectivity index (χ0) is 21.3. The Hall–Kier alpha value is -3.19. The first-order valence-electron chi connectivity index (χ1n) is 9.86. The molecule has 7 nitrogen and oxygen atoms in total. The van der Waals surface area contributed by atoms with E-state index in [0.717, 1.165) is 24.4 Å². The van der Waals surface area contributed by atoms with Gasteiger partial charge in [0.15, 0.2) is 0 Å². The van der Waals surface area contributed by atoms with Gasteiger partial charge in [-0.15, -0.1) is 5.10 Å². The van der Waals surface area contributed by atoms with Crippen LogP contribution in [0, 0.1) is 0 Å². The van der Waals surface area contributed by atoms with Crippen molar-refractivity contribution >= 4 is 29.1 Å². The van der Waals surface area contributed by atoms with Gasteiger partial charge in [-0.05, 0) is 57.0 Å². The molecule has 1 saturated carbocycles. The highest BCUT2D eigenvalue weighted by atomic mass is 35.5. The molecule has 1 heterocycles. The van der Waals surface area contributed by atoms with Gasteiger partial charge in [0, 0.05) is 17.5 Å². The lowest BCUT2D eigenvalue weighted by molar-refractivity contribution is 0.0941. The van der Waals surface area contributed by atoms with Crippen molar-refractivity contribution < 1.29 is 9.59 Å². The van der Waals surface area contributed by atoms with Gasteiger partial charge in [-0.1, -0.05) is 29.8 Å². The lowest BCUT2D eigenvalue weighted by atomic mass is 10.1. The summed E-state index contributed by atoms with van der Waals surface area (Å²) in [5.41, 5.74) is 1.60. The number of para-hydroxylation sites is 1. The molecule has 1 fully saturated rings. The van der Waals surface area contributed by atoms with Crippen molar-refractivity contribution in [3.05, 3.63) is 70.8 Å². The summed E-state index contributed by atoms with van der Waals surface area (Å²) in [6.07, 6.45) is 2.07. The summed E-state index contributed by atoms with van der Waals surface area (Å²) in [6, 6.07) is 14.4. The lowest BCUT2D eigenvalue weighted by Crippen LogP contribution is -2.30. The maximum atomic E-state index is 12.9. The normalized spacial score (nSPS) is 13.3. The number of halogens is 1. The summed E-state index contributed by atoms with van der Waals surface area (Å²) in [4.78, 5) is 29.6. The summed E-state index contributed by atoms with van der Waals surface area (Å²) in [6.45, 7) is 3.76. The van der Waals surface area contributed by atoms with Crippen LogP contribution in [0.4, 0.5) is 5.69 Å². The van der Waals surface area contributed by atoms with Crippen LogP contribution >= 0.6 is 11.6 Å². The highest BCUT2D eigenvalue weighted by Gasteiger charge is 2.31. The van der Waals surface area contributed by atoms with Gasteiger partial charge in [0.05, 0.1) is 16.4 Å². The first kappa shape index (κ1) is 20.1. The number of amides is 2. The number of nitrogens with zero attached hydrogens (tertiary/aromatic N) is 3. The Morgan fingerprint density at radius 1 is 1.10 bits per heavy atom. The van der Waals surface area contributed by atoms with E-state index in [1.165, 1.54) is 0 Å². The molecule has 0 radical (unpaired) electrons.